The van der Waals surface area contributed by atoms with Gasteiger partial charge in [-0.05, 0) is 31.7 Å². The first-order chi connectivity index (χ1) is 8.04. The first-order valence-corrected chi connectivity index (χ1v) is 5.80. The minimum Gasteiger partial charge on any atom is -0.315 e. The van der Waals surface area contributed by atoms with Crippen molar-refractivity contribution in [1.82, 2.24) is 5.32 Å². The average Bonchev–Trinajstić information content (AvgIpc) is 2.28. The van der Waals surface area contributed by atoms with E-state index in [4.69, 9.17) is 0 Å². The Morgan fingerprint density at radius 2 is 2.24 bits per heavy atom. The summed E-state index contributed by atoms with van der Waals surface area (Å²) in [6.45, 7) is 4.79. The fourth-order valence-corrected chi connectivity index (χ4v) is 1.65. The molecular formula is C13H19FN2O. The van der Waals surface area contributed by atoms with Crippen LogP contribution in [0.5, 0.6) is 0 Å². The minimum absolute atomic E-state index is 0.0240. The highest BCUT2D eigenvalue weighted by molar-refractivity contribution is 5.93. The van der Waals surface area contributed by atoms with Crippen LogP contribution in [0.25, 0.3) is 0 Å². The van der Waals surface area contributed by atoms with Gasteiger partial charge in [0.25, 0.3) is 0 Å². The number of hydrogen-bond acceptors (Lipinski definition) is 2. The molecule has 1 aromatic carbocycles. The number of anilines is 1. The number of carbonyl (C=O) groups excluding carboxylic acids is 1. The molecule has 0 saturated carbocycles. The Hall–Kier alpha value is -1.42. The molecule has 1 atom stereocenters. The number of hydrogen-bond donors (Lipinski definition) is 1. The van der Waals surface area contributed by atoms with Crippen LogP contribution in [0.15, 0.2) is 24.3 Å². The van der Waals surface area contributed by atoms with Gasteiger partial charge >= 0.3 is 0 Å². The van der Waals surface area contributed by atoms with E-state index in [-0.39, 0.29) is 17.8 Å². The molecular weight excluding hydrogens is 219 g/mol. The third kappa shape index (κ3) is 4.15. The van der Waals surface area contributed by atoms with Crippen molar-refractivity contribution in [1.29, 1.82) is 0 Å². The second kappa shape index (κ2) is 6.35. The molecule has 0 saturated heterocycles. The van der Waals surface area contributed by atoms with Crippen molar-refractivity contribution in [2.24, 2.45) is 0 Å². The van der Waals surface area contributed by atoms with Crippen molar-refractivity contribution >= 4 is 11.6 Å². The zero-order chi connectivity index (χ0) is 12.8. The molecule has 17 heavy (non-hydrogen) atoms. The van der Waals surface area contributed by atoms with E-state index in [1.54, 1.807) is 19.2 Å². The Balaban J connectivity index is 2.63. The highest BCUT2D eigenvalue weighted by atomic mass is 19.1. The molecule has 0 spiro atoms. The molecule has 1 rings (SSSR count). The second-order valence-corrected chi connectivity index (χ2v) is 4.10. The van der Waals surface area contributed by atoms with Crippen molar-refractivity contribution in [3.63, 3.8) is 0 Å². The maximum absolute atomic E-state index is 13.0. The molecule has 1 amide bonds. The highest BCUT2D eigenvalue weighted by Gasteiger charge is 2.14. The zero-order valence-corrected chi connectivity index (χ0v) is 10.5. The van der Waals surface area contributed by atoms with Crippen LogP contribution in [0.4, 0.5) is 10.1 Å². The summed E-state index contributed by atoms with van der Waals surface area (Å²) in [5, 5.41) is 3.17. The van der Waals surface area contributed by atoms with Gasteiger partial charge in [-0.25, -0.2) is 4.39 Å². The maximum Gasteiger partial charge on any atom is 0.228 e. The van der Waals surface area contributed by atoms with E-state index >= 15 is 0 Å². The molecule has 0 fully saturated rings. The third-order valence-corrected chi connectivity index (χ3v) is 2.60. The van der Waals surface area contributed by atoms with Crippen LogP contribution in [-0.4, -0.2) is 25.5 Å². The lowest BCUT2D eigenvalue weighted by Gasteiger charge is -2.20. The molecule has 3 nitrogen and oxygen atoms in total. The van der Waals surface area contributed by atoms with Gasteiger partial charge in [-0.3, -0.25) is 4.79 Å². The van der Waals surface area contributed by atoms with Crippen molar-refractivity contribution in [3.8, 4) is 0 Å². The number of halogens is 1. The third-order valence-electron chi connectivity index (χ3n) is 2.60. The molecule has 0 bridgehead atoms. The molecule has 1 N–H and O–H groups in total. The lowest BCUT2D eigenvalue weighted by atomic mass is 10.2. The first kappa shape index (κ1) is 13.6. The van der Waals surface area contributed by atoms with Gasteiger partial charge in [0.15, 0.2) is 0 Å². The fourth-order valence-electron chi connectivity index (χ4n) is 1.65. The molecule has 0 heterocycles. The summed E-state index contributed by atoms with van der Waals surface area (Å²) in [7, 11) is 1.66. The van der Waals surface area contributed by atoms with Crippen LogP contribution in [0, 0.1) is 5.82 Å². The first-order valence-electron chi connectivity index (χ1n) is 5.80. The summed E-state index contributed by atoms with van der Waals surface area (Å²) in [6, 6.07) is 6.17. The van der Waals surface area contributed by atoms with Crippen molar-refractivity contribution in [3.05, 3.63) is 30.1 Å². The Morgan fingerprint density at radius 1 is 1.53 bits per heavy atom. The Labute approximate surface area is 102 Å². The molecule has 94 valence electrons. The topological polar surface area (TPSA) is 32.3 Å². The summed E-state index contributed by atoms with van der Waals surface area (Å²) in [5.41, 5.74) is 0.582. The Morgan fingerprint density at radius 3 is 2.82 bits per heavy atom. The minimum atomic E-state index is -0.332. The van der Waals surface area contributed by atoms with Crippen LogP contribution in [0.1, 0.15) is 20.3 Å². The second-order valence-electron chi connectivity index (χ2n) is 4.10. The van der Waals surface area contributed by atoms with Gasteiger partial charge in [-0.15, -0.1) is 0 Å². The molecule has 4 heteroatoms. The van der Waals surface area contributed by atoms with Gasteiger partial charge in [0.2, 0.25) is 5.91 Å². The fraction of sp³-hybridized carbons (Fsp3) is 0.462. The summed E-state index contributed by atoms with van der Waals surface area (Å²) >= 11 is 0. The Kier molecular flexibility index (Phi) is 5.10. The van der Waals surface area contributed by atoms with Crippen molar-refractivity contribution in [2.45, 2.75) is 26.3 Å². The van der Waals surface area contributed by atoms with Gasteiger partial charge in [0, 0.05) is 25.2 Å². The monoisotopic (exact) mass is 238 g/mol. The summed E-state index contributed by atoms with van der Waals surface area (Å²) in [6.07, 6.45) is 0.404. The van der Waals surface area contributed by atoms with Gasteiger partial charge < -0.3 is 10.2 Å². The van der Waals surface area contributed by atoms with Crippen LogP contribution in [0.3, 0.4) is 0 Å². The van der Waals surface area contributed by atoms with Crippen LogP contribution in [-0.2, 0) is 4.79 Å². The van der Waals surface area contributed by atoms with E-state index in [1.165, 1.54) is 17.0 Å². The van der Waals surface area contributed by atoms with Crippen molar-refractivity contribution < 1.29 is 9.18 Å². The number of rotatable bonds is 5. The lowest BCUT2D eigenvalue weighted by molar-refractivity contribution is -0.118. The largest absolute Gasteiger partial charge is 0.315 e. The summed E-state index contributed by atoms with van der Waals surface area (Å²) < 4.78 is 13.0. The lowest BCUT2D eigenvalue weighted by Crippen LogP contribution is -2.34. The van der Waals surface area contributed by atoms with E-state index in [9.17, 15) is 9.18 Å². The van der Waals surface area contributed by atoms with E-state index in [0.717, 1.165) is 6.54 Å². The van der Waals surface area contributed by atoms with Gasteiger partial charge in [0.1, 0.15) is 5.82 Å². The maximum atomic E-state index is 13.0. The molecule has 0 radical (unpaired) electrons. The van der Waals surface area contributed by atoms with Crippen molar-refractivity contribution in [2.75, 3.05) is 18.5 Å². The average molecular weight is 238 g/mol. The Bertz CT molecular complexity index is 381. The molecule has 1 unspecified atom stereocenters. The molecule has 0 aliphatic heterocycles. The number of benzene rings is 1. The molecule has 0 aromatic heterocycles. The summed E-state index contributed by atoms with van der Waals surface area (Å²) in [5.74, 6) is -0.356. The SMILES string of the molecule is CCNC(C)CC(=O)N(C)c1cccc(F)c1. The zero-order valence-electron chi connectivity index (χ0n) is 10.5. The smallest absolute Gasteiger partial charge is 0.228 e. The molecule has 0 aliphatic rings. The van der Waals surface area contributed by atoms with Gasteiger partial charge in [-0.1, -0.05) is 13.0 Å². The molecule has 0 aliphatic carbocycles. The van der Waals surface area contributed by atoms with Gasteiger partial charge in [0.05, 0.1) is 0 Å². The van der Waals surface area contributed by atoms with Crippen LogP contribution < -0.4 is 10.2 Å². The normalized spacial score (nSPS) is 12.2. The van der Waals surface area contributed by atoms with E-state index < -0.39 is 0 Å². The predicted molar refractivity (Wildman–Crippen MR) is 67.6 cm³/mol. The summed E-state index contributed by atoms with van der Waals surface area (Å²) in [4.78, 5) is 13.4. The highest BCUT2D eigenvalue weighted by Crippen LogP contribution is 2.15. The number of amides is 1. The van der Waals surface area contributed by atoms with E-state index in [0.29, 0.717) is 12.1 Å². The standard InChI is InChI=1S/C13H19FN2O/c1-4-15-10(2)8-13(17)16(3)12-7-5-6-11(14)9-12/h5-7,9-10,15H,4,8H2,1-3H3. The number of carbonyl (C=O) groups is 1. The number of nitrogens with one attached hydrogen (secondary N) is 1. The van der Waals surface area contributed by atoms with Crippen LogP contribution >= 0.6 is 0 Å². The van der Waals surface area contributed by atoms with E-state index in [2.05, 4.69) is 5.32 Å². The van der Waals surface area contributed by atoms with Crippen LogP contribution in [0.2, 0.25) is 0 Å². The van der Waals surface area contributed by atoms with Gasteiger partial charge in [-0.2, -0.15) is 0 Å². The molecule has 1 aromatic rings. The quantitative estimate of drug-likeness (QED) is 0.852. The predicted octanol–water partition coefficient (Wildman–Crippen LogP) is 2.18. The number of nitrogens with zero attached hydrogens (tertiary/aromatic N) is 1. The van der Waals surface area contributed by atoms with E-state index in [1.807, 2.05) is 13.8 Å².